The fraction of sp³-hybridized carbons (Fsp3) is 0.300. The molecule has 0 saturated carbocycles. The van der Waals surface area contributed by atoms with E-state index < -0.39 is 17.0 Å². The van der Waals surface area contributed by atoms with Crippen molar-refractivity contribution in [3.8, 4) is 17.3 Å². The summed E-state index contributed by atoms with van der Waals surface area (Å²) < 4.78 is 41.2. The summed E-state index contributed by atoms with van der Waals surface area (Å²) in [6, 6.07) is 16.8. The van der Waals surface area contributed by atoms with E-state index in [4.69, 9.17) is 5.26 Å². The highest BCUT2D eigenvalue weighted by Crippen LogP contribution is 2.41. The maximum Gasteiger partial charge on any atom is 0.223 e. The normalized spacial score (nSPS) is 18.4. The molecule has 3 aromatic rings. The topological polar surface area (TPSA) is 80.5 Å². The molecule has 0 aliphatic carbocycles. The van der Waals surface area contributed by atoms with Crippen molar-refractivity contribution in [1.29, 1.82) is 5.26 Å². The van der Waals surface area contributed by atoms with Crippen molar-refractivity contribution in [3.63, 3.8) is 0 Å². The smallest absolute Gasteiger partial charge is 0.223 e. The van der Waals surface area contributed by atoms with Gasteiger partial charge in [-0.15, -0.1) is 4.99 Å². The van der Waals surface area contributed by atoms with Gasteiger partial charge in [-0.1, -0.05) is 36.4 Å². The third-order valence-electron chi connectivity index (χ3n) is 7.50. The van der Waals surface area contributed by atoms with Crippen molar-refractivity contribution >= 4 is 11.9 Å². The zero-order valence-corrected chi connectivity index (χ0v) is 21.8. The van der Waals surface area contributed by atoms with E-state index in [0.29, 0.717) is 43.0 Å². The summed E-state index contributed by atoms with van der Waals surface area (Å²) in [5.41, 5.74) is 2.21. The Balaban J connectivity index is 1.51. The van der Waals surface area contributed by atoms with Gasteiger partial charge in [0.15, 0.2) is 0 Å². The monoisotopic (exact) mass is 533 g/mol. The van der Waals surface area contributed by atoms with Gasteiger partial charge in [0.2, 0.25) is 18.1 Å². The first kappa shape index (κ1) is 27.7. The van der Waals surface area contributed by atoms with Gasteiger partial charge >= 0.3 is 0 Å². The van der Waals surface area contributed by atoms with Gasteiger partial charge in [-0.05, 0) is 60.7 Å². The summed E-state index contributed by atoms with van der Waals surface area (Å²) in [6.07, 6.45) is 3.23. The minimum Gasteiger partial charge on any atom is -0.359 e. The number of hydrogen-bond acceptors (Lipinski definition) is 3. The minimum atomic E-state index is -0.630. The SMILES string of the molecule is CNC(=NC#N)NCCC1(c2ccc(F)cc2)CCN([C@@H](C)c2ccc(-c3ccc(F)cc3F)cc2)C(=O)C1. The molecule has 0 bridgehead atoms. The number of amides is 1. The first-order valence-corrected chi connectivity index (χ1v) is 12.8. The van der Waals surface area contributed by atoms with Gasteiger partial charge in [0.25, 0.3) is 0 Å². The molecule has 1 unspecified atom stereocenters. The van der Waals surface area contributed by atoms with Gasteiger partial charge in [0, 0.05) is 43.6 Å². The molecule has 202 valence electrons. The van der Waals surface area contributed by atoms with E-state index in [-0.39, 0.29) is 24.2 Å². The van der Waals surface area contributed by atoms with E-state index in [2.05, 4.69) is 15.6 Å². The summed E-state index contributed by atoms with van der Waals surface area (Å²) in [4.78, 5) is 19.1. The fourth-order valence-corrected chi connectivity index (χ4v) is 5.25. The van der Waals surface area contributed by atoms with Crippen molar-refractivity contribution in [2.45, 2.75) is 37.6 Å². The average Bonchev–Trinajstić information content (AvgIpc) is 2.93. The Kier molecular flexibility index (Phi) is 8.55. The molecule has 1 heterocycles. The lowest BCUT2D eigenvalue weighted by Gasteiger charge is -2.44. The maximum absolute atomic E-state index is 14.2. The van der Waals surface area contributed by atoms with Crippen LogP contribution in [0.3, 0.4) is 0 Å². The van der Waals surface area contributed by atoms with Crippen LogP contribution < -0.4 is 10.6 Å². The highest BCUT2D eigenvalue weighted by molar-refractivity contribution is 5.81. The minimum absolute atomic E-state index is 0.0220. The Labute approximate surface area is 226 Å². The van der Waals surface area contributed by atoms with Crippen molar-refractivity contribution in [2.24, 2.45) is 4.99 Å². The lowest BCUT2D eigenvalue weighted by Crippen LogP contribution is -2.48. The van der Waals surface area contributed by atoms with E-state index in [9.17, 15) is 18.0 Å². The number of carbonyl (C=O) groups excluding carboxylic acids is 1. The first-order chi connectivity index (χ1) is 18.8. The van der Waals surface area contributed by atoms with Crippen LogP contribution >= 0.6 is 0 Å². The molecule has 0 radical (unpaired) electrons. The zero-order chi connectivity index (χ0) is 28.0. The van der Waals surface area contributed by atoms with Crippen LogP contribution in [0.25, 0.3) is 11.1 Å². The Morgan fingerprint density at radius 3 is 2.38 bits per heavy atom. The van der Waals surface area contributed by atoms with Crippen molar-refractivity contribution in [1.82, 2.24) is 15.5 Å². The van der Waals surface area contributed by atoms with Gasteiger partial charge in [-0.2, -0.15) is 5.26 Å². The summed E-state index contributed by atoms with van der Waals surface area (Å²) in [5.74, 6) is -1.28. The molecule has 6 nitrogen and oxygen atoms in total. The van der Waals surface area contributed by atoms with E-state index in [1.165, 1.54) is 24.3 Å². The second kappa shape index (κ2) is 12.0. The van der Waals surface area contributed by atoms with E-state index in [1.54, 1.807) is 37.5 Å². The number of halogens is 3. The molecule has 0 spiro atoms. The van der Waals surface area contributed by atoms with Crippen LogP contribution in [0.4, 0.5) is 13.2 Å². The number of likely N-dealkylation sites (tertiary alicyclic amines) is 1. The Hall–Kier alpha value is -4.32. The van der Waals surface area contributed by atoms with Crippen LogP contribution in [0.1, 0.15) is 43.4 Å². The predicted molar refractivity (Wildman–Crippen MR) is 144 cm³/mol. The second-order valence-electron chi connectivity index (χ2n) is 9.71. The molecule has 4 rings (SSSR count). The van der Waals surface area contributed by atoms with Gasteiger partial charge < -0.3 is 15.5 Å². The van der Waals surface area contributed by atoms with Crippen LogP contribution in [0, 0.1) is 28.9 Å². The van der Waals surface area contributed by atoms with Gasteiger partial charge in [0.1, 0.15) is 17.5 Å². The van der Waals surface area contributed by atoms with Crippen LogP contribution in [-0.2, 0) is 10.2 Å². The molecule has 3 aromatic carbocycles. The summed E-state index contributed by atoms with van der Waals surface area (Å²) >= 11 is 0. The molecule has 2 atom stereocenters. The van der Waals surface area contributed by atoms with Crippen LogP contribution in [0.15, 0.2) is 71.7 Å². The molecule has 0 aromatic heterocycles. The molecule has 1 aliphatic heterocycles. The highest BCUT2D eigenvalue weighted by atomic mass is 19.1. The van der Waals surface area contributed by atoms with Crippen molar-refractivity contribution < 1.29 is 18.0 Å². The van der Waals surface area contributed by atoms with Gasteiger partial charge in [0.05, 0.1) is 6.04 Å². The zero-order valence-electron chi connectivity index (χ0n) is 21.8. The Morgan fingerprint density at radius 1 is 1.08 bits per heavy atom. The number of nitriles is 1. The molecule has 1 saturated heterocycles. The molecular weight excluding hydrogens is 503 g/mol. The lowest BCUT2D eigenvalue weighted by molar-refractivity contribution is -0.138. The van der Waals surface area contributed by atoms with E-state index in [1.807, 2.05) is 24.0 Å². The third kappa shape index (κ3) is 6.23. The van der Waals surface area contributed by atoms with Crippen LogP contribution in [0.2, 0.25) is 0 Å². The molecule has 2 N–H and O–H groups in total. The Bertz CT molecular complexity index is 1390. The highest BCUT2D eigenvalue weighted by Gasteiger charge is 2.41. The van der Waals surface area contributed by atoms with Crippen molar-refractivity contribution in [2.75, 3.05) is 20.1 Å². The van der Waals surface area contributed by atoms with Crippen LogP contribution in [0.5, 0.6) is 0 Å². The number of piperidine rings is 1. The maximum atomic E-state index is 14.2. The number of rotatable bonds is 7. The quantitative estimate of drug-likeness (QED) is 0.241. The summed E-state index contributed by atoms with van der Waals surface area (Å²) in [5, 5.41) is 14.8. The number of carbonyl (C=O) groups is 1. The number of aliphatic imine (C=N–C) groups is 1. The lowest BCUT2D eigenvalue weighted by atomic mass is 9.70. The number of guanidine groups is 1. The van der Waals surface area contributed by atoms with E-state index in [0.717, 1.165) is 17.2 Å². The number of hydrogen-bond donors (Lipinski definition) is 2. The molecule has 9 heteroatoms. The van der Waals surface area contributed by atoms with Crippen LogP contribution in [-0.4, -0.2) is 36.9 Å². The second-order valence-corrected chi connectivity index (χ2v) is 9.71. The standard InChI is InChI=1S/C30H30F3N5O/c1-20(21-3-5-22(6-4-21)26-12-11-25(32)17-27(26)33)38-16-14-30(18-28(38)39,23-7-9-24(31)10-8-23)13-15-36-29(35-2)37-19-34/h3-12,17,20H,13-16,18H2,1-2H3,(H2,35,36,37)/t20-,30?/m0/s1. The summed E-state index contributed by atoms with van der Waals surface area (Å²) in [7, 11) is 1.66. The molecule has 1 fully saturated rings. The van der Waals surface area contributed by atoms with E-state index >= 15 is 0 Å². The molecule has 1 amide bonds. The number of nitrogens with zero attached hydrogens (tertiary/aromatic N) is 3. The fourth-order valence-electron chi connectivity index (χ4n) is 5.25. The largest absolute Gasteiger partial charge is 0.359 e. The third-order valence-corrected chi connectivity index (χ3v) is 7.50. The summed E-state index contributed by atoms with van der Waals surface area (Å²) in [6.45, 7) is 2.91. The first-order valence-electron chi connectivity index (χ1n) is 12.8. The average molecular weight is 534 g/mol. The van der Waals surface area contributed by atoms with Crippen molar-refractivity contribution in [3.05, 3.63) is 95.3 Å². The molecular formula is C30H30F3N5O. The molecule has 1 aliphatic rings. The van der Waals surface area contributed by atoms with Gasteiger partial charge in [-0.3, -0.25) is 4.79 Å². The Morgan fingerprint density at radius 2 is 1.77 bits per heavy atom. The number of benzene rings is 3. The molecule has 39 heavy (non-hydrogen) atoms. The number of nitrogens with one attached hydrogen (secondary N) is 2. The van der Waals surface area contributed by atoms with Gasteiger partial charge in [-0.25, -0.2) is 13.2 Å². The predicted octanol–water partition coefficient (Wildman–Crippen LogP) is 5.43.